The fourth-order valence-corrected chi connectivity index (χ4v) is 2.35. The predicted octanol–water partition coefficient (Wildman–Crippen LogP) is -0.381. The van der Waals surface area contributed by atoms with Gasteiger partial charge in [-0.1, -0.05) is 0 Å². The molecule has 12 heteroatoms. The maximum absolute atomic E-state index is 11.7. The lowest BCUT2D eigenvalue weighted by molar-refractivity contribution is -0.141. The van der Waals surface area contributed by atoms with Crippen LogP contribution in [0.1, 0.15) is 20.8 Å². The van der Waals surface area contributed by atoms with Crippen molar-refractivity contribution in [2.45, 2.75) is 26.4 Å². The molecule has 1 aliphatic rings. The van der Waals surface area contributed by atoms with Gasteiger partial charge in [0.25, 0.3) is 11.8 Å². The van der Waals surface area contributed by atoms with Gasteiger partial charge in [-0.15, -0.1) is 0 Å². The molecule has 0 aromatic heterocycles. The van der Waals surface area contributed by atoms with Crippen molar-refractivity contribution in [2.75, 3.05) is 72.5 Å². The van der Waals surface area contributed by atoms with Crippen molar-refractivity contribution in [1.82, 2.24) is 15.5 Å². The van der Waals surface area contributed by atoms with Crippen LogP contribution in [-0.2, 0) is 38.1 Å². The number of nitrogens with one attached hydrogen (secondary N) is 2. The molecule has 0 saturated heterocycles. The minimum Gasteiger partial charge on any atom is -0.444 e. The van der Waals surface area contributed by atoms with Crippen LogP contribution in [0.2, 0.25) is 0 Å². The predicted molar refractivity (Wildman–Crippen MR) is 116 cm³/mol. The average molecular weight is 474 g/mol. The second-order valence-electron chi connectivity index (χ2n) is 7.82. The molecule has 0 saturated carbocycles. The Hall–Kier alpha value is -2.54. The second kappa shape index (κ2) is 16.1. The van der Waals surface area contributed by atoms with E-state index < -0.39 is 29.4 Å². The molecule has 4 amide bonds. The summed E-state index contributed by atoms with van der Waals surface area (Å²) in [5, 5.41) is 5.17. The van der Waals surface area contributed by atoms with Crippen LogP contribution in [0.4, 0.5) is 4.79 Å². The fourth-order valence-electron chi connectivity index (χ4n) is 2.35. The Bertz CT molecular complexity index is 644. The topological polar surface area (TPSA) is 142 Å². The Morgan fingerprint density at radius 3 is 1.64 bits per heavy atom. The number of amides is 4. The second-order valence-corrected chi connectivity index (χ2v) is 7.82. The number of carbonyl (C=O) groups is 4. The molecule has 0 aliphatic carbocycles. The molecule has 0 aromatic carbocycles. The van der Waals surface area contributed by atoms with Gasteiger partial charge in [0.05, 0.1) is 52.9 Å². The summed E-state index contributed by atoms with van der Waals surface area (Å²) in [6.07, 6.45) is 1.79. The number of nitrogens with zero attached hydrogens (tertiary/aromatic N) is 1. The smallest absolute Gasteiger partial charge is 0.407 e. The number of alkyl carbamates (subject to hydrolysis) is 1. The molecule has 0 radical (unpaired) electrons. The van der Waals surface area contributed by atoms with Gasteiger partial charge in [0.2, 0.25) is 5.91 Å². The van der Waals surface area contributed by atoms with Gasteiger partial charge in [-0.2, -0.15) is 0 Å². The molecule has 1 heterocycles. The van der Waals surface area contributed by atoms with Crippen molar-refractivity contribution in [1.29, 1.82) is 0 Å². The van der Waals surface area contributed by atoms with Crippen LogP contribution in [0.15, 0.2) is 12.2 Å². The summed E-state index contributed by atoms with van der Waals surface area (Å²) in [5.74, 6) is -1.42. The zero-order chi connectivity index (χ0) is 24.5. The maximum atomic E-state index is 11.7. The number of ether oxygens (including phenoxy) is 5. The lowest BCUT2D eigenvalue weighted by atomic mass is 10.2. The zero-order valence-corrected chi connectivity index (χ0v) is 19.6. The Labute approximate surface area is 193 Å². The number of rotatable bonds is 17. The summed E-state index contributed by atoms with van der Waals surface area (Å²) >= 11 is 0. The average Bonchev–Trinajstić information content (AvgIpc) is 3.04. The molecular weight excluding hydrogens is 438 g/mol. The Kier molecular flexibility index (Phi) is 13.9. The van der Waals surface area contributed by atoms with E-state index in [9.17, 15) is 19.2 Å². The number of carbonyl (C=O) groups excluding carboxylic acids is 4. The van der Waals surface area contributed by atoms with Crippen LogP contribution >= 0.6 is 0 Å². The van der Waals surface area contributed by atoms with Gasteiger partial charge < -0.3 is 34.3 Å². The van der Waals surface area contributed by atoms with Crippen LogP contribution in [-0.4, -0.2) is 107 Å². The highest BCUT2D eigenvalue weighted by Gasteiger charge is 2.25. The van der Waals surface area contributed by atoms with E-state index in [1.807, 2.05) is 0 Å². The molecule has 188 valence electrons. The Morgan fingerprint density at radius 1 is 0.758 bits per heavy atom. The first kappa shape index (κ1) is 28.5. The summed E-state index contributed by atoms with van der Waals surface area (Å²) in [4.78, 5) is 46.7. The monoisotopic (exact) mass is 473 g/mol. The van der Waals surface area contributed by atoms with Gasteiger partial charge >= 0.3 is 6.09 Å². The third-order valence-electron chi connectivity index (χ3n) is 3.80. The van der Waals surface area contributed by atoms with Crippen LogP contribution in [0.25, 0.3) is 0 Å². The lowest BCUT2D eigenvalue weighted by Crippen LogP contribution is -2.41. The molecule has 0 bridgehead atoms. The zero-order valence-electron chi connectivity index (χ0n) is 19.6. The molecule has 0 aromatic rings. The molecule has 1 aliphatic heterocycles. The molecule has 0 fully saturated rings. The molecule has 2 N–H and O–H groups in total. The van der Waals surface area contributed by atoms with Crippen LogP contribution in [0.5, 0.6) is 0 Å². The normalized spacial score (nSPS) is 13.5. The molecule has 0 atom stereocenters. The van der Waals surface area contributed by atoms with Gasteiger partial charge in [-0.3, -0.25) is 19.3 Å². The highest BCUT2D eigenvalue weighted by atomic mass is 16.6. The lowest BCUT2D eigenvalue weighted by Gasteiger charge is -2.19. The molecule has 1 rings (SSSR count). The third kappa shape index (κ3) is 15.0. The standard InChI is InChI=1S/C21H35N3O9/c1-21(2,3)33-20(28)23-7-9-30-11-13-32-15-14-31-12-10-29-8-6-22-17(25)16-24-18(26)4-5-19(24)27/h4-5H,6-16H2,1-3H3,(H,22,25)(H,23,28). The van der Waals surface area contributed by atoms with Gasteiger partial charge in [0.15, 0.2) is 0 Å². The largest absolute Gasteiger partial charge is 0.444 e. The highest BCUT2D eigenvalue weighted by Crippen LogP contribution is 2.06. The summed E-state index contributed by atoms with van der Waals surface area (Å²) < 4.78 is 26.5. The summed E-state index contributed by atoms with van der Waals surface area (Å²) in [6, 6.07) is 0. The van der Waals surface area contributed by atoms with E-state index in [1.54, 1.807) is 20.8 Å². The first-order chi connectivity index (χ1) is 15.7. The molecular formula is C21H35N3O9. The summed E-state index contributed by atoms with van der Waals surface area (Å²) in [7, 11) is 0. The Morgan fingerprint density at radius 2 is 1.18 bits per heavy atom. The van der Waals surface area contributed by atoms with Crippen molar-refractivity contribution in [2.24, 2.45) is 0 Å². The first-order valence-corrected chi connectivity index (χ1v) is 10.8. The first-order valence-electron chi connectivity index (χ1n) is 10.8. The summed E-state index contributed by atoms with van der Waals surface area (Å²) in [5.41, 5.74) is -0.525. The third-order valence-corrected chi connectivity index (χ3v) is 3.80. The van der Waals surface area contributed by atoms with Gasteiger partial charge in [-0.05, 0) is 20.8 Å². The fraction of sp³-hybridized carbons (Fsp3) is 0.714. The van der Waals surface area contributed by atoms with Crippen molar-refractivity contribution < 1.29 is 42.9 Å². The maximum Gasteiger partial charge on any atom is 0.407 e. The molecule has 33 heavy (non-hydrogen) atoms. The molecule has 12 nitrogen and oxygen atoms in total. The van der Waals surface area contributed by atoms with E-state index in [1.165, 1.54) is 0 Å². The highest BCUT2D eigenvalue weighted by molar-refractivity contribution is 6.14. The van der Waals surface area contributed by atoms with Crippen molar-refractivity contribution >= 4 is 23.8 Å². The SMILES string of the molecule is CC(C)(C)OC(=O)NCCOCCOCCOCCOCCNC(=O)CN1C(=O)C=CC1=O. The van der Waals surface area contributed by atoms with Crippen LogP contribution in [0.3, 0.4) is 0 Å². The van der Waals surface area contributed by atoms with Crippen LogP contribution in [0, 0.1) is 0 Å². The molecule has 0 spiro atoms. The van der Waals surface area contributed by atoms with Crippen molar-refractivity contribution in [3.8, 4) is 0 Å². The minimum absolute atomic E-state index is 0.263. The number of imide groups is 1. The quantitative estimate of drug-likeness (QED) is 0.213. The Balaban J connectivity index is 1.79. The van der Waals surface area contributed by atoms with E-state index in [0.717, 1.165) is 17.1 Å². The van der Waals surface area contributed by atoms with Crippen molar-refractivity contribution in [3.05, 3.63) is 12.2 Å². The van der Waals surface area contributed by atoms with Gasteiger partial charge in [0, 0.05) is 25.2 Å². The summed E-state index contributed by atoms with van der Waals surface area (Å²) in [6.45, 7) is 8.74. The number of hydrogen-bond donors (Lipinski definition) is 2. The van der Waals surface area contributed by atoms with E-state index in [0.29, 0.717) is 52.8 Å². The van der Waals surface area contributed by atoms with E-state index in [2.05, 4.69) is 10.6 Å². The van der Waals surface area contributed by atoms with E-state index >= 15 is 0 Å². The van der Waals surface area contributed by atoms with Gasteiger partial charge in [0.1, 0.15) is 12.1 Å². The van der Waals surface area contributed by atoms with Gasteiger partial charge in [-0.25, -0.2) is 4.79 Å². The van der Waals surface area contributed by atoms with E-state index in [-0.39, 0.29) is 19.7 Å². The van der Waals surface area contributed by atoms with Crippen LogP contribution < -0.4 is 10.6 Å². The molecule has 0 unspecified atom stereocenters. The minimum atomic E-state index is -0.525. The van der Waals surface area contributed by atoms with Crippen molar-refractivity contribution in [3.63, 3.8) is 0 Å². The van der Waals surface area contributed by atoms with E-state index in [4.69, 9.17) is 23.7 Å². The number of hydrogen-bond acceptors (Lipinski definition) is 9.